The van der Waals surface area contributed by atoms with E-state index in [9.17, 15) is 9.59 Å². The fourth-order valence-corrected chi connectivity index (χ4v) is 1.50. The highest BCUT2D eigenvalue weighted by Gasteiger charge is 2.09. The molecular weight excluding hydrogens is 266 g/mol. The third-order valence-electron chi connectivity index (χ3n) is 2.61. The molecule has 0 aliphatic carbocycles. The summed E-state index contributed by atoms with van der Waals surface area (Å²) < 4.78 is 4.55. The number of nitrogens with zero attached hydrogens (tertiary/aromatic N) is 1. The van der Waals surface area contributed by atoms with E-state index in [1.807, 2.05) is 59.0 Å². The summed E-state index contributed by atoms with van der Waals surface area (Å²) >= 11 is 0. The van der Waals surface area contributed by atoms with E-state index in [1.54, 1.807) is 4.90 Å². The zero-order valence-electron chi connectivity index (χ0n) is 14.0. The van der Waals surface area contributed by atoms with Crippen molar-refractivity contribution in [2.45, 2.75) is 46.6 Å². The summed E-state index contributed by atoms with van der Waals surface area (Å²) in [6.07, 6.45) is 0.994. The lowest BCUT2D eigenvalue weighted by molar-refractivity contribution is -0.138. The average molecular weight is 293 g/mol. The molecule has 0 saturated carbocycles. The van der Waals surface area contributed by atoms with Gasteiger partial charge in [0.25, 0.3) is 12.4 Å². The molecular formula is C17H27NO3. The third-order valence-corrected chi connectivity index (χ3v) is 2.61. The van der Waals surface area contributed by atoms with E-state index in [-0.39, 0.29) is 11.5 Å². The lowest BCUT2D eigenvalue weighted by Crippen LogP contribution is -2.27. The van der Waals surface area contributed by atoms with E-state index >= 15 is 0 Å². The number of carbonyl (C=O) groups is 2. The van der Waals surface area contributed by atoms with Crippen LogP contribution in [0.4, 0.5) is 0 Å². The number of hydrogen-bond donors (Lipinski definition) is 0. The molecule has 1 amide bonds. The van der Waals surface area contributed by atoms with Gasteiger partial charge in [0, 0.05) is 19.2 Å². The zero-order chi connectivity index (χ0) is 16.5. The molecule has 118 valence electrons. The number of aryl methyl sites for hydroxylation is 1. The highest BCUT2D eigenvalue weighted by molar-refractivity contribution is 5.94. The second-order valence-corrected chi connectivity index (χ2v) is 5.92. The Labute approximate surface area is 128 Å². The van der Waals surface area contributed by atoms with Crippen LogP contribution in [0.15, 0.2) is 24.3 Å². The Balaban J connectivity index is 0.000000486. The van der Waals surface area contributed by atoms with Crippen molar-refractivity contribution < 1.29 is 14.3 Å². The number of amides is 1. The molecule has 0 saturated heterocycles. The van der Waals surface area contributed by atoms with Crippen molar-refractivity contribution in [3.63, 3.8) is 0 Å². The van der Waals surface area contributed by atoms with Crippen molar-refractivity contribution in [3.8, 4) is 0 Å². The second kappa shape index (κ2) is 9.16. The van der Waals surface area contributed by atoms with Gasteiger partial charge in [0.2, 0.25) is 0 Å². The van der Waals surface area contributed by atoms with E-state index in [1.165, 1.54) is 5.56 Å². The SMILES string of the molecule is CC(C)(C)OC=O.CCCN(C)C(=O)c1ccc(C)cc1. The molecule has 0 bridgehead atoms. The first-order valence-electron chi connectivity index (χ1n) is 7.15. The summed E-state index contributed by atoms with van der Waals surface area (Å²) in [6.45, 7) is 10.8. The minimum absolute atomic E-state index is 0.104. The molecule has 0 atom stereocenters. The molecule has 1 aromatic rings. The minimum Gasteiger partial charge on any atom is -0.462 e. The van der Waals surface area contributed by atoms with Crippen molar-refractivity contribution in [1.29, 1.82) is 0 Å². The topological polar surface area (TPSA) is 46.6 Å². The number of benzene rings is 1. The molecule has 0 spiro atoms. The molecule has 0 aromatic heterocycles. The molecule has 0 radical (unpaired) electrons. The minimum atomic E-state index is -0.318. The Morgan fingerprint density at radius 3 is 2.10 bits per heavy atom. The van der Waals surface area contributed by atoms with E-state index < -0.39 is 0 Å². The molecule has 4 heteroatoms. The molecule has 0 heterocycles. The lowest BCUT2D eigenvalue weighted by atomic mass is 10.1. The van der Waals surface area contributed by atoms with Crippen LogP contribution in [0.3, 0.4) is 0 Å². The summed E-state index contributed by atoms with van der Waals surface area (Å²) in [6, 6.07) is 7.69. The van der Waals surface area contributed by atoms with Gasteiger partial charge in [-0.3, -0.25) is 9.59 Å². The molecule has 1 rings (SSSR count). The van der Waals surface area contributed by atoms with Crippen molar-refractivity contribution in [2.24, 2.45) is 0 Å². The van der Waals surface area contributed by atoms with Gasteiger partial charge in [-0.15, -0.1) is 0 Å². The number of carbonyl (C=O) groups excluding carboxylic acids is 2. The van der Waals surface area contributed by atoms with Gasteiger partial charge in [-0.2, -0.15) is 0 Å². The summed E-state index contributed by atoms with van der Waals surface area (Å²) in [5.74, 6) is 0.104. The first-order valence-corrected chi connectivity index (χ1v) is 7.15. The van der Waals surface area contributed by atoms with Crippen LogP contribution in [0.25, 0.3) is 0 Å². The Bertz CT molecular complexity index is 432. The van der Waals surface area contributed by atoms with Crippen LogP contribution in [0, 0.1) is 6.92 Å². The quantitative estimate of drug-likeness (QED) is 0.799. The Hall–Kier alpha value is -1.84. The number of ether oxygens (including phenoxy) is 1. The first kappa shape index (κ1) is 19.2. The third kappa shape index (κ3) is 8.84. The maximum absolute atomic E-state index is 11.8. The van der Waals surface area contributed by atoms with Gasteiger partial charge in [-0.1, -0.05) is 24.6 Å². The predicted octanol–water partition coefficient (Wildman–Crippen LogP) is 3.43. The van der Waals surface area contributed by atoms with Gasteiger partial charge in [0.05, 0.1) is 0 Å². The van der Waals surface area contributed by atoms with Crippen LogP contribution in [0.5, 0.6) is 0 Å². The molecule has 0 aliphatic heterocycles. The van der Waals surface area contributed by atoms with Gasteiger partial charge in [-0.25, -0.2) is 0 Å². The Morgan fingerprint density at radius 1 is 1.24 bits per heavy atom. The first-order chi connectivity index (χ1) is 9.71. The summed E-state index contributed by atoms with van der Waals surface area (Å²) in [4.78, 5) is 23.1. The Morgan fingerprint density at radius 2 is 1.76 bits per heavy atom. The van der Waals surface area contributed by atoms with Gasteiger partial charge in [-0.05, 0) is 46.2 Å². The number of hydrogen-bond acceptors (Lipinski definition) is 3. The highest BCUT2D eigenvalue weighted by atomic mass is 16.5. The fraction of sp³-hybridized carbons (Fsp3) is 0.529. The van der Waals surface area contributed by atoms with Gasteiger partial charge >= 0.3 is 0 Å². The summed E-state index contributed by atoms with van der Waals surface area (Å²) in [5, 5.41) is 0. The lowest BCUT2D eigenvalue weighted by Gasteiger charge is -2.15. The van der Waals surface area contributed by atoms with Crippen molar-refractivity contribution in [2.75, 3.05) is 13.6 Å². The van der Waals surface area contributed by atoms with Crippen molar-refractivity contribution in [3.05, 3.63) is 35.4 Å². The van der Waals surface area contributed by atoms with E-state index in [0.717, 1.165) is 18.5 Å². The van der Waals surface area contributed by atoms with Crippen molar-refractivity contribution >= 4 is 12.4 Å². The van der Waals surface area contributed by atoms with E-state index in [4.69, 9.17) is 0 Å². The normalized spacial score (nSPS) is 10.2. The monoisotopic (exact) mass is 293 g/mol. The van der Waals surface area contributed by atoms with Gasteiger partial charge in [0.1, 0.15) is 5.60 Å². The van der Waals surface area contributed by atoms with Crippen LogP contribution in [0.2, 0.25) is 0 Å². The highest BCUT2D eigenvalue weighted by Crippen LogP contribution is 2.06. The summed E-state index contributed by atoms with van der Waals surface area (Å²) in [5.41, 5.74) is 1.63. The molecule has 21 heavy (non-hydrogen) atoms. The average Bonchev–Trinajstić information content (AvgIpc) is 2.38. The smallest absolute Gasteiger partial charge is 0.293 e. The number of rotatable bonds is 4. The van der Waals surface area contributed by atoms with E-state index in [2.05, 4.69) is 11.7 Å². The van der Waals surface area contributed by atoms with Crippen LogP contribution < -0.4 is 0 Å². The van der Waals surface area contributed by atoms with E-state index in [0.29, 0.717) is 6.47 Å². The molecule has 0 fully saturated rings. The molecule has 1 aromatic carbocycles. The van der Waals surface area contributed by atoms with Crippen LogP contribution >= 0.6 is 0 Å². The second-order valence-electron chi connectivity index (χ2n) is 5.92. The zero-order valence-corrected chi connectivity index (χ0v) is 14.0. The fourth-order valence-electron chi connectivity index (χ4n) is 1.50. The standard InChI is InChI=1S/C12H17NO.C5H10O2/c1-4-9-13(3)12(14)11-7-5-10(2)6-8-11;1-5(2,3)7-4-6/h5-8H,4,9H2,1-3H3;4H,1-3H3. The molecule has 0 unspecified atom stereocenters. The predicted molar refractivity (Wildman–Crippen MR) is 85.3 cm³/mol. The van der Waals surface area contributed by atoms with Crippen LogP contribution in [-0.2, 0) is 9.53 Å². The largest absolute Gasteiger partial charge is 0.462 e. The maximum Gasteiger partial charge on any atom is 0.293 e. The van der Waals surface area contributed by atoms with Crippen LogP contribution in [0.1, 0.15) is 50.0 Å². The summed E-state index contributed by atoms with van der Waals surface area (Å²) in [7, 11) is 1.84. The van der Waals surface area contributed by atoms with Gasteiger partial charge in [0.15, 0.2) is 0 Å². The van der Waals surface area contributed by atoms with Crippen molar-refractivity contribution in [1.82, 2.24) is 4.90 Å². The molecule has 0 aliphatic rings. The maximum atomic E-state index is 11.8. The molecule has 0 N–H and O–H groups in total. The van der Waals surface area contributed by atoms with Crippen LogP contribution in [-0.4, -0.2) is 36.5 Å². The Kier molecular flexibility index (Phi) is 8.36. The van der Waals surface area contributed by atoms with Gasteiger partial charge < -0.3 is 9.64 Å². The molecule has 4 nitrogen and oxygen atoms in total.